The number of amides is 1. The van der Waals surface area contributed by atoms with Gasteiger partial charge in [-0.3, -0.25) is 9.59 Å². The zero-order valence-electron chi connectivity index (χ0n) is 10.6. The van der Waals surface area contributed by atoms with Crippen molar-refractivity contribution in [2.24, 2.45) is 0 Å². The van der Waals surface area contributed by atoms with E-state index in [2.05, 4.69) is 10.1 Å². The lowest BCUT2D eigenvalue weighted by molar-refractivity contribution is -0.137. The molecule has 0 aliphatic carbocycles. The number of anilines is 1. The fourth-order valence-corrected chi connectivity index (χ4v) is 1.37. The van der Waals surface area contributed by atoms with Crippen LogP contribution in [-0.4, -0.2) is 23.0 Å². The van der Waals surface area contributed by atoms with Crippen molar-refractivity contribution >= 4 is 23.5 Å². The number of nitrogens with one attached hydrogen (secondary N) is 1. The maximum Gasteiger partial charge on any atom is 0.331 e. The Morgan fingerprint density at radius 2 is 2.10 bits per heavy atom. The Hall–Kier alpha value is -2.70. The van der Waals surface area contributed by atoms with Crippen molar-refractivity contribution in [3.8, 4) is 0 Å². The number of carboxylic acid groups (broad SMARTS) is 1. The molecular weight excluding hydrogens is 269 g/mol. The molecule has 1 rings (SSSR count). The van der Waals surface area contributed by atoms with Crippen molar-refractivity contribution in [1.82, 2.24) is 0 Å². The highest BCUT2D eigenvalue weighted by Crippen LogP contribution is 2.11. The van der Waals surface area contributed by atoms with Crippen molar-refractivity contribution in [2.75, 3.05) is 5.32 Å². The fraction of sp³-hybridized carbons (Fsp3) is 0.154. The predicted molar refractivity (Wildman–Crippen MR) is 67.1 cm³/mol. The van der Waals surface area contributed by atoms with Crippen LogP contribution < -0.4 is 5.32 Å². The van der Waals surface area contributed by atoms with Gasteiger partial charge in [-0.1, -0.05) is 6.07 Å². The molecule has 0 radical (unpaired) electrons. The number of hydrogen-bond donors (Lipinski definition) is 2. The smallest absolute Gasteiger partial charge is 0.331 e. The largest absolute Gasteiger partial charge is 0.478 e. The Balaban J connectivity index is 2.71. The lowest BCUT2D eigenvalue weighted by Crippen LogP contribution is -2.15. The van der Waals surface area contributed by atoms with Crippen LogP contribution >= 0.6 is 0 Å². The molecule has 7 heteroatoms. The third kappa shape index (κ3) is 5.76. The second-order valence-corrected chi connectivity index (χ2v) is 3.78. The molecule has 0 heterocycles. The summed E-state index contributed by atoms with van der Waals surface area (Å²) >= 11 is 0. The van der Waals surface area contributed by atoms with Gasteiger partial charge in [0, 0.05) is 12.6 Å². The van der Waals surface area contributed by atoms with Gasteiger partial charge in [0.15, 0.2) is 0 Å². The molecule has 0 saturated heterocycles. The molecule has 0 bridgehead atoms. The van der Waals surface area contributed by atoms with Crippen molar-refractivity contribution in [3.05, 3.63) is 41.9 Å². The minimum Gasteiger partial charge on any atom is -0.478 e. The van der Waals surface area contributed by atoms with Crippen LogP contribution in [0.2, 0.25) is 0 Å². The standard InChI is InChI=1S/C13H12FNO5/c1-8(16)20-11(7-13(18)19)6-12(17)15-10-4-2-3-9(14)5-10/h2-5,7H,6H2,1H3,(H,15,17)(H,18,19)/b11-7-. The van der Waals surface area contributed by atoms with Gasteiger partial charge in [0.05, 0.1) is 12.5 Å². The molecule has 0 saturated carbocycles. The monoisotopic (exact) mass is 281 g/mol. The Morgan fingerprint density at radius 1 is 1.40 bits per heavy atom. The molecule has 1 amide bonds. The average molecular weight is 281 g/mol. The van der Waals surface area contributed by atoms with E-state index in [-0.39, 0.29) is 11.4 Å². The highest BCUT2D eigenvalue weighted by Gasteiger charge is 2.12. The van der Waals surface area contributed by atoms with Gasteiger partial charge in [-0.2, -0.15) is 0 Å². The summed E-state index contributed by atoms with van der Waals surface area (Å²) < 4.78 is 17.5. The molecule has 2 N–H and O–H groups in total. The van der Waals surface area contributed by atoms with E-state index in [1.807, 2.05) is 0 Å². The third-order valence-corrected chi connectivity index (χ3v) is 2.00. The van der Waals surface area contributed by atoms with Crippen molar-refractivity contribution in [2.45, 2.75) is 13.3 Å². The quantitative estimate of drug-likeness (QED) is 0.486. The van der Waals surface area contributed by atoms with Crippen LogP contribution in [0, 0.1) is 5.82 Å². The molecular formula is C13H12FNO5. The highest BCUT2D eigenvalue weighted by molar-refractivity contribution is 5.93. The summed E-state index contributed by atoms with van der Waals surface area (Å²) in [5.74, 6) is -3.55. The van der Waals surface area contributed by atoms with E-state index < -0.39 is 30.1 Å². The topological polar surface area (TPSA) is 92.7 Å². The van der Waals surface area contributed by atoms with E-state index in [9.17, 15) is 18.8 Å². The molecule has 0 aromatic heterocycles. The van der Waals surface area contributed by atoms with Gasteiger partial charge in [-0.25, -0.2) is 9.18 Å². The summed E-state index contributed by atoms with van der Waals surface area (Å²) in [4.78, 5) is 32.9. The van der Waals surface area contributed by atoms with E-state index in [0.717, 1.165) is 13.0 Å². The van der Waals surface area contributed by atoms with E-state index in [1.54, 1.807) is 0 Å². The van der Waals surface area contributed by atoms with Crippen LogP contribution in [0.4, 0.5) is 10.1 Å². The number of ether oxygens (including phenoxy) is 1. The van der Waals surface area contributed by atoms with Gasteiger partial charge in [0.25, 0.3) is 0 Å². The first-order valence-corrected chi connectivity index (χ1v) is 5.54. The molecule has 0 unspecified atom stereocenters. The Bertz CT molecular complexity index is 568. The number of hydrogen-bond acceptors (Lipinski definition) is 4. The number of benzene rings is 1. The summed E-state index contributed by atoms with van der Waals surface area (Å²) in [6.07, 6.45) is 0.162. The molecule has 0 aliphatic heterocycles. The zero-order valence-corrected chi connectivity index (χ0v) is 10.6. The Labute approximate surface area is 113 Å². The van der Waals surface area contributed by atoms with Crippen LogP contribution in [-0.2, 0) is 19.1 Å². The molecule has 106 valence electrons. The second-order valence-electron chi connectivity index (χ2n) is 3.78. The van der Waals surface area contributed by atoms with Crippen molar-refractivity contribution in [3.63, 3.8) is 0 Å². The number of aliphatic carboxylic acids is 1. The van der Waals surface area contributed by atoms with E-state index >= 15 is 0 Å². The SMILES string of the molecule is CC(=O)O/C(=C\C(=O)O)CC(=O)Nc1cccc(F)c1. The van der Waals surface area contributed by atoms with Gasteiger partial charge in [-0.15, -0.1) is 0 Å². The van der Waals surface area contributed by atoms with E-state index in [1.165, 1.54) is 18.2 Å². The molecule has 1 aromatic carbocycles. The van der Waals surface area contributed by atoms with Crippen molar-refractivity contribution < 1.29 is 28.6 Å². The summed E-state index contributed by atoms with van der Waals surface area (Å²) in [6.45, 7) is 1.08. The molecule has 0 atom stereocenters. The van der Waals surface area contributed by atoms with Crippen LogP contribution in [0.1, 0.15) is 13.3 Å². The van der Waals surface area contributed by atoms with E-state index in [4.69, 9.17) is 5.11 Å². The van der Waals surface area contributed by atoms with Crippen molar-refractivity contribution in [1.29, 1.82) is 0 Å². The summed E-state index contributed by atoms with van der Waals surface area (Å²) in [6, 6.07) is 5.19. The Kier molecular flexibility index (Phi) is 5.40. The second kappa shape index (κ2) is 7.03. The van der Waals surface area contributed by atoms with Gasteiger partial charge in [0.1, 0.15) is 11.6 Å². The van der Waals surface area contributed by atoms with Crippen LogP contribution in [0.15, 0.2) is 36.1 Å². The first-order valence-electron chi connectivity index (χ1n) is 5.54. The lowest BCUT2D eigenvalue weighted by atomic mass is 10.2. The number of esters is 1. The Morgan fingerprint density at radius 3 is 2.65 bits per heavy atom. The maximum absolute atomic E-state index is 12.9. The predicted octanol–water partition coefficient (Wildman–Crippen LogP) is 1.69. The summed E-state index contributed by atoms with van der Waals surface area (Å²) in [7, 11) is 0. The zero-order chi connectivity index (χ0) is 15.1. The molecule has 1 aromatic rings. The first-order chi connectivity index (χ1) is 9.36. The molecule has 20 heavy (non-hydrogen) atoms. The van der Waals surface area contributed by atoms with Gasteiger partial charge >= 0.3 is 11.9 Å². The summed E-state index contributed by atoms with van der Waals surface area (Å²) in [5, 5.41) is 10.9. The number of carboxylic acids is 1. The minimum absolute atomic E-state index is 0.215. The van der Waals surface area contributed by atoms with Crippen LogP contribution in [0.3, 0.4) is 0 Å². The molecule has 0 spiro atoms. The highest BCUT2D eigenvalue weighted by atomic mass is 19.1. The first kappa shape index (κ1) is 15.4. The van der Waals surface area contributed by atoms with Gasteiger partial charge in [-0.05, 0) is 18.2 Å². The molecule has 0 fully saturated rings. The number of carbonyl (C=O) groups excluding carboxylic acids is 2. The summed E-state index contributed by atoms with van der Waals surface area (Å²) in [5.41, 5.74) is 0.215. The molecule has 6 nitrogen and oxygen atoms in total. The number of rotatable bonds is 5. The normalized spacial score (nSPS) is 10.8. The minimum atomic E-state index is -1.35. The molecule has 0 aliphatic rings. The fourth-order valence-electron chi connectivity index (χ4n) is 1.37. The maximum atomic E-state index is 12.9. The van der Waals surface area contributed by atoms with Gasteiger partial charge in [0.2, 0.25) is 5.91 Å². The van der Waals surface area contributed by atoms with E-state index in [0.29, 0.717) is 6.08 Å². The number of halogens is 1. The van der Waals surface area contributed by atoms with Crippen LogP contribution in [0.5, 0.6) is 0 Å². The number of carbonyl (C=O) groups is 3. The van der Waals surface area contributed by atoms with Crippen LogP contribution in [0.25, 0.3) is 0 Å². The van der Waals surface area contributed by atoms with Gasteiger partial charge < -0.3 is 15.2 Å². The average Bonchev–Trinajstić information content (AvgIpc) is 2.26. The third-order valence-electron chi connectivity index (χ3n) is 2.00. The lowest BCUT2D eigenvalue weighted by Gasteiger charge is -2.07.